The Morgan fingerprint density at radius 3 is 2.35 bits per heavy atom. The van der Waals surface area contributed by atoms with Crippen molar-refractivity contribution in [2.75, 3.05) is 31.1 Å². The van der Waals surface area contributed by atoms with Crippen molar-refractivity contribution in [3.05, 3.63) is 83.4 Å². The lowest BCUT2D eigenvalue weighted by atomic mass is 10.1. The summed E-state index contributed by atoms with van der Waals surface area (Å²) in [6, 6.07) is 18.8. The van der Waals surface area contributed by atoms with Crippen molar-refractivity contribution < 1.29 is 27.5 Å². The molecule has 3 aromatic carbocycles. The van der Waals surface area contributed by atoms with E-state index in [1.165, 1.54) is 29.2 Å². The molecule has 43 heavy (non-hydrogen) atoms. The van der Waals surface area contributed by atoms with Gasteiger partial charge in [0.2, 0.25) is 11.8 Å². The maximum absolute atomic E-state index is 14.3. The summed E-state index contributed by atoms with van der Waals surface area (Å²) in [5, 5.41) is 3.30. The molecule has 232 valence electrons. The highest BCUT2D eigenvalue weighted by Gasteiger charge is 2.34. The molecule has 0 radical (unpaired) electrons. The number of anilines is 1. The summed E-state index contributed by atoms with van der Waals surface area (Å²) < 4.78 is 40.4. The minimum Gasteiger partial charge on any atom is -0.497 e. The largest absolute Gasteiger partial charge is 0.497 e. The predicted octanol–water partition coefficient (Wildman–Crippen LogP) is 5.67. The number of benzene rings is 3. The second-order valence-electron chi connectivity index (χ2n) is 9.81. The number of amides is 2. The van der Waals surface area contributed by atoms with Gasteiger partial charge in [-0.25, -0.2) is 8.42 Å². The quantitative estimate of drug-likeness (QED) is 0.205. The van der Waals surface area contributed by atoms with Gasteiger partial charge in [0.05, 0.1) is 24.3 Å². The summed E-state index contributed by atoms with van der Waals surface area (Å²) >= 11 is 6.04. The molecule has 1 N–H and O–H groups in total. The van der Waals surface area contributed by atoms with E-state index in [-0.39, 0.29) is 29.6 Å². The molecule has 2 amide bonds. The van der Waals surface area contributed by atoms with Gasteiger partial charge in [0, 0.05) is 18.1 Å². The highest BCUT2D eigenvalue weighted by atomic mass is 35.5. The van der Waals surface area contributed by atoms with E-state index in [4.69, 9.17) is 21.1 Å². The first kappa shape index (κ1) is 33.7. The molecule has 0 bridgehead atoms. The van der Waals surface area contributed by atoms with Gasteiger partial charge < -0.3 is 19.7 Å². The number of halogens is 1. The van der Waals surface area contributed by atoms with Crippen molar-refractivity contribution >= 4 is 39.1 Å². The van der Waals surface area contributed by atoms with Gasteiger partial charge in [-0.2, -0.15) is 0 Å². The first-order chi connectivity index (χ1) is 20.7. The van der Waals surface area contributed by atoms with Crippen molar-refractivity contribution in [3.8, 4) is 11.5 Å². The molecule has 0 saturated carbocycles. The lowest BCUT2D eigenvalue weighted by molar-refractivity contribution is -0.140. The Labute approximate surface area is 259 Å². The maximum Gasteiger partial charge on any atom is 0.264 e. The summed E-state index contributed by atoms with van der Waals surface area (Å²) in [6.45, 7) is 5.90. The Morgan fingerprint density at radius 2 is 1.70 bits per heavy atom. The van der Waals surface area contributed by atoms with E-state index in [0.717, 1.165) is 22.7 Å². The number of hydrogen-bond donors (Lipinski definition) is 1. The Hall–Kier alpha value is -3.76. The summed E-state index contributed by atoms with van der Waals surface area (Å²) in [5.74, 6) is 0.0557. The molecule has 0 spiro atoms. The van der Waals surface area contributed by atoms with E-state index in [2.05, 4.69) is 5.32 Å². The van der Waals surface area contributed by atoms with Crippen LogP contribution in [0.5, 0.6) is 11.5 Å². The number of unbranched alkanes of at least 4 members (excludes halogenated alkanes) is 1. The molecule has 9 nitrogen and oxygen atoms in total. The smallest absolute Gasteiger partial charge is 0.264 e. The molecular formula is C32H40ClN3O6S. The summed E-state index contributed by atoms with van der Waals surface area (Å²) in [4.78, 5) is 29.0. The van der Waals surface area contributed by atoms with Gasteiger partial charge in [0.1, 0.15) is 24.1 Å². The van der Waals surface area contributed by atoms with Crippen LogP contribution >= 0.6 is 11.6 Å². The number of para-hydroxylation sites is 2. The van der Waals surface area contributed by atoms with Gasteiger partial charge in [-0.1, -0.05) is 56.1 Å². The van der Waals surface area contributed by atoms with Crippen molar-refractivity contribution in [1.29, 1.82) is 0 Å². The molecule has 0 aliphatic carbocycles. The predicted molar refractivity (Wildman–Crippen MR) is 169 cm³/mol. The first-order valence-electron chi connectivity index (χ1n) is 14.4. The second-order valence-corrected chi connectivity index (χ2v) is 12.1. The van der Waals surface area contributed by atoms with Crippen LogP contribution in [0.25, 0.3) is 0 Å². The van der Waals surface area contributed by atoms with Crippen LogP contribution in [-0.2, 0) is 26.2 Å². The highest BCUT2D eigenvalue weighted by molar-refractivity contribution is 7.92. The van der Waals surface area contributed by atoms with Crippen LogP contribution in [0, 0.1) is 0 Å². The van der Waals surface area contributed by atoms with Gasteiger partial charge in [0.15, 0.2) is 0 Å². The Bertz CT molecular complexity index is 1470. The standard InChI is InChI=1S/C32H40ClN3O6S/c1-5-8-20-34-32(38)28(6-2)35(22-24-12-11-13-26(21-24)41-4)31(37)23-36(29-14-9-10-15-30(29)42-7-3)43(39,40)27-18-16-25(33)17-19-27/h9-19,21,28H,5-8,20,22-23H2,1-4H3,(H,34,38). The summed E-state index contributed by atoms with van der Waals surface area (Å²) in [6.07, 6.45) is 2.03. The molecule has 0 aromatic heterocycles. The number of rotatable bonds is 16. The number of nitrogens with zero attached hydrogens (tertiary/aromatic N) is 2. The minimum absolute atomic E-state index is 0.0419. The highest BCUT2D eigenvalue weighted by Crippen LogP contribution is 2.33. The van der Waals surface area contributed by atoms with Crippen LogP contribution in [0.15, 0.2) is 77.7 Å². The first-order valence-corrected chi connectivity index (χ1v) is 16.2. The number of carbonyl (C=O) groups excluding carboxylic acids is 2. The minimum atomic E-state index is -4.27. The molecule has 0 aliphatic rings. The molecule has 3 rings (SSSR count). The molecule has 1 atom stereocenters. The van der Waals surface area contributed by atoms with E-state index >= 15 is 0 Å². The van der Waals surface area contributed by atoms with Crippen LogP contribution in [0.4, 0.5) is 5.69 Å². The molecule has 11 heteroatoms. The van der Waals surface area contributed by atoms with E-state index in [0.29, 0.717) is 29.5 Å². The molecule has 0 fully saturated rings. The molecular weight excluding hydrogens is 590 g/mol. The zero-order valence-corrected chi connectivity index (χ0v) is 26.7. The number of nitrogens with one attached hydrogen (secondary N) is 1. The third-order valence-electron chi connectivity index (χ3n) is 6.82. The summed E-state index contributed by atoms with van der Waals surface area (Å²) in [7, 11) is -2.72. The Balaban J connectivity index is 2.09. The fourth-order valence-electron chi connectivity index (χ4n) is 4.58. The SMILES string of the molecule is CCCCNC(=O)C(CC)N(Cc1cccc(OC)c1)C(=O)CN(c1ccccc1OCC)S(=O)(=O)c1ccc(Cl)cc1. The van der Waals surface area contributed by atoms with Crippen molar-refractivity contribution in [2.45, 2.75) is 57.5 Å². The normalized spacial score (nSPS) is 11.8. The van der Waals surface area contributed by atoms with E-state index < -0.39 is 28.5 Å². The zero-order chi connectivity index (χ0) is 31.4. The maximum atomic E-state index is 14.3. The molecule has 0 saturated heterocycles. The lowest BCUT2D eigenvalue weighted by Crippen LogP contribution is -2.52. The monoisotopic (exact) mass is 629 g/mol. The topological polar surface area (TPSA) is 105 Å². The van der Waals surface area contributed by atoms with E-state index in [1.807, 2.05) is 19.9 Å². The fraction of sp³-hybridized carbons (Fsp3) is 0.375. The summed E-state index contributed by atoms with van der Waals surface area (Å²) in [5.41, 5.74) is 0.934. The average molecular weight is 630 g/mol. The van der Waals surface area contributed by atoms with Crippen molar-refractivity contribution in [3.63, 3.8) is 0 Å². The van der Waals surface area contributed by atoms with Crippen molar-refractivity contribution in [1.82, 2.24) is 10.2 Å². The van der Waals surface area contributed by atoms with Gasteiger partial charge in [-0.3, -0.25) is 13.9 Å². The number of methoxy groups -OCH3 is 1. The average Bonchev–Trinajstić information content (AvgIpc) is 3.00. The number of carbonyl (C=O) groups is 2. The van der Waals surface area contributed by atoms with Crippen LogP contribution in [-0.4, -0.2) is 58.0 Å². The molecule has 0 aliphatic heterocycles. The van der Waals surface area contributed by atoms with Crippen LogP contribution in [0.1, 0.15) is 45.6 Å². The Kier molecular flexibility index (Phi) is 12.7. The van der Waals surface area contributed by atoms with E-state index in [1.54, 1.807) is 56.5 Å². The zero-order valence-electron chi connectivity index (χ0n) is 25.1. The third-order valence-corrected chi connectivity index (χ3v) is 8.84. The number of hydrogen-bond acceptors (Lipinski definition) is 6. The van der Waals surface area contributed by atoms with Gasteiger partial charge in [-0.05, 0) is 73.9 Å². The van der Waals surface area contributed by atoms with Crippen LogP contribution < -0.4 is 19.1 Å². The molecule has 1 unspecified atom stereocenters. The second kappa shape index (κ2) is 16.2. The van der Waals surface area contributed by atoms with Crippen LogP contribution in [0.2, 0.25) is 5.02 Å². The van der Waals surface area contributed by atoms with Crippen molar-refractivity contribution in [2.24, 2.45) is 0 Å². The molecule has 3 aromatic rings. The number of ether oxygens (including phenoxy) is 2. The number of sulfonamides is 1. The Morgan fingerprint density at radius 1 is 0.977 bits per heavy atom. The van der Waals surface area contributed by atoms with Crippen LogP contribution in [0.3, 0.4) is 0 Å². The van der Waals surface area contributed by atoms with Gasteiger partial charge >= 0.3 is 0 Å². The molecule has 0 heterocycles. The van der Waals surface area contributed by atoms with Gasteiger partial charge in [0.25, 0.3) is 10.0 Å². The third kappa shape index (κ3) is 8.87. The van der Waals surface area contributed by atoms with Gasteiger partial charge in [-0.15, -0.1) is 0 Å². The lowest BCUT2D eigenvalue weighted by Gasteiger charge is -2.33. The fourth-order valence-corrected chi connectivity index (χ4v) is 6.13. The van der Waals surface area contributed by atoms with E-state index in [9.17, 15) is 18.0 Å².